The van der Waals surface area contributed by atoms with Crippen molar-refractivity contribution in [2.24, 2.45) is 0 Å². The van der Waals surface area contributed by atoms with E-state index in [0.29, 0.717) is 49.2 Å². The molecule has 0 saturated carbocycles. The summed E-state index contributed by atoms with van der Waals surface area (Å²) in [7, 11) is 0. The summed E-state index contributed by atoms with van der Waals surface area (Å²) in [5.41, 5.74) is 2.15. The van der Waals surface area contributed by atoms with Crippen molar-refractivity contribution >= 4 is 27.7 Å². The lowest BCUT2D eigenvalue weighted by Crippen LogP contribution is -2.51. The van der Waals surface area contributed by atoms with E-state index in [1.54, 1.807) is 12.1 Å². The zero-order chi connectivity index (χ0) is 23.7. The smallest absolute Gasteiger partial charge is 0.231 e. The molecular formula is C24H31BrFN5O2. The Kier molecular flexibility index (Phi) is 7.31. The Balaban J connectivity index is 1.50. The Labute approximate surface area is 202 Å². The first-order valence-corrected chi connectivity index (χ1v) is 12.3. The van der Waals surface area contributed by atoms with E-state index in [4.69, 9.17) is 0 Å². The van der Waals surface area contributed by atoms with Gasteiger partial charge in [-0.05, 0) is 24.5 Å². The monoisotopic (exact) mass is 519 g/mol. The summed E-state index contributed by atoms with van der Waals surface area (Å²) < 4.78 is 15.4. The Hall–Kier alpha value is -2.10. The third-order valence-corrected chi connectivity index (χ3v) is 7.03. The van der Waals surface area contributed by atoms with Gasteiger partial charge in [-0.25, -0.2) is 14.4 Å². The fourth-order valence-corrected chi connectivity index (χ4v) is 5.11. The first-order chi connectivity index (χ1) is 15.8. The normalized spacial score (nSPS) is 21.4. The van der Waals surface area contributed by atoms with Crippen molar-refractivity contribution in [3.8, 4) is 0 Å². The number of halogens is 2. The van der Waals surface area contributed by atoms with Crippen molar-refractivity contribution in [2.75, 3.05) is 37.6 Å². The molecule has 3 atom stereocenters. The molecule has 1 amide bonds. The predicted molar refractivity (Wildman–Crippen MR) is 129 cm³/mol. The number of piperazine rings is 1. The molecule has 4 rings (SSSR count). The number of aliphatic hydroxyl groups excluding tert-OH is 1. The van der Waals surface area contributed by atoms with E-state index in [0.717, 1.165) is 17.1 Å². The van der Waals surface area contributed by atoms with Crippen LogP contribution in [0.4, 0.5) is 10.2 Å². The second kappa shape index (κ2) is 10.0. The van der Waals surface area contributed by atoms with E-state index >= 15 is 0 Å². The molecule has 2 aliphatic rings. The number of aromatic nitrogens is 2. The van der Waals surface area contributed by atoms with E-state index in [1.165, 1.54) is 12.4 Å². The van der Waals surface area contributed by atoms with Gasteiger partial charge < -0.3 is 20.2 Å². The van der Waals surface area contributed by atoms with Crippen molar-refractivity contribution in [3.63, 3.8) is 0 Å². The van der Waals surface area contributed by atoms with Gasteiger partial charge in [-0.1, -0.05) is 42.8 Å². The van der Waals surface area contributed by atoms with Crippen LogP contribution in [0.15, 0.2) is 29.0 Å². The van der Waals surface area contributed by atoms with Crippen LogP contribution in [-0.4, -0.2) is 64.6 Å². The molecule has 1 aromatic carbocycles. The largest absolute Gasteiger partial charge is 0.387 e. The zero-order valence-electron chi connectivity index (χ0n) is 19.3. The maximum Gasteiger partial charge on any atom is 0.231 e. The molecule has 9 heteroatoms. The third kappa shape index (κ3) is 5.05. The summed E-state index contributed by atoms with van der Waals surface area (Å²) in [6.07, 6.45) is 1.62. The highest BCUT2D eigenvalue weighted by molar-refractivity contribution is 9.10. The van der Waals surface area contributed by atoms with Gasteiger partial charge in [0, 0.05) is 54.4 Å². The second-order valence-corrected chi connectivity index (χ2v) is 10.2. The number of nitrogens with zero attached hydrogens (tertiary/aromatic N) is 4. The SMILES string of the molecule is CC(C)NC[C@@H](C(=O)N1CCN(c2ncnc3c2[C@H](C)C[C@H]3O)CC1)c1ccc(Br)cc1F. The van der Waals surface area contributed by atoms with Crippen LogP contribution in [0.3, 0.4) is 0 Å². The molecule has 0 spiro atoms. The van der Waals surface area contributed by atoms with Crippen LogP contribution >= 0.6 is 15.9 Å². The van der Waals surface area contributed by atoms with Gasteiger partial charge in [0.2, 0.25) is 5.91 Å². The van der Waals surface area contributed by atoms with Gasteiger partial charge >= 0.3 is 0 Å². The van der Waals surface area contributed by atoms with Crippen molar-refractivity contribution in [3.05, 3.63) is 51.6 Å². The number of carbonyl (C=O) groups is 1. The summed E-state index contributed by atoms with van der Waals surface area (Å²) in [5.74, 6) is 0.00751. The number of anilines is 1. The van der Waals surface area contributed by atoms with E-state index in [9.17, 15) is 14.3 Å². The molecule has 0 bridgehead atoms. The number of hydrogen-bond donors (Lipinski definition) is 2. The van der Waals surface area contributed by atoms with Crippen LogP contribution in [0.2, 0.25) is 0 Å². The molecular weight excluding hydrogens is 489 g/mol. The van der Waals surface area contributed by atoms with E-state index in [-0.39, 0.29) is 23.7 Å². The molecule has 178 valence electrons. The number of aliphatic hydroxyl groups is 1. The molecule has 1 saturated heterocycles. The number of amides is 1. The Bertz CT molecular complexity index is 1010. The van der Waals surface area contributed by atoms with E-state index < -0.39 is 12.0 Å². The topological polar surface area (TPSA) is 81.6 Å². The predicted octanol–water partition coefficient (Wildman–Crippen LogP) is 3.35. The minimum Gasteiger partial charge on any atom is -0.387 e. The number of fused-ring (bicyclic) bond motifs is 1. The first-order valence-electron chi connectivity index (χ1n) is 11.5. The molecule has 2 N–H and O–H groups in total. The molecule has 2 heterocycles. The van der Waals surface area contributed by atoms with Crippen LogP contribution < -0.4 is 10.2 Å². The van der Waals surface area contributed by atoms with Gasteiger partial charge in [-0.3, -0.25) is 4.79 Å². The van der Waals surface area contributed by atoms with Gasteiger partial charge in [0.05, 0.1) is 17.7 Å². The third-order valence-electron chi connectivity index (χ3n) is 6.54. The Morgan fingerprint density at radius 1 is 1.27 bits per heavy atom. The standard InChI is InChI=1S/C24H31BrFN5O2/c1-14(2)27-12-18(17-5-4-16(25)11-19(17)26)24(33)31-8-6-30(7-9-31)23-21-15(3)10-20(32)22(21)28-13-29-23/h4-5,11,13-15,18,20,27,32H,6-10,12H2,1-3H3/t15-,18-,20-/m1/s1. The second-order valence-electron chi connectivity index (χ2n) is 9.24. The molecule has 1 aliphatic heterocycles. The molecule has 1 aromatic heterocycles. The lowest BCUT2D eigenvalue weighted by Gasteiger charge is -2.38. The molecule has 0 unspecified atom stereocenters. The molecule has 1 fully saturated rings. The maximum absolute atomic E-state index is 14.8. The quantitative estimate of drug-likeness (QED) is 0.608. The van der Waals surface area contributed by atoms with Crippen LogP contribution in [-0.2, 0) is 4.79 Å². The van der Waals surface area contributed by atoms with Gasteiger partial charge in [-0.2, -0.15) is 0 Å². The van der Waals surface area contributed by atoms with E-state index in [1.807, 2.05) is 18.7 Å². The highest BCUT2D eigenvalue weighted by atomic mass is 79.9. The first kappa shape index (κ1) is 24.0. The Morgan fingerprint density at radius 2 is 2.00 bits per heavy atom. The minimum absolute atomic E-state index is 0.0688. The van der Waals surface area contributed by atoms with Gasteiger partial charge in [0.25, 0.3) is 0 Å². The number of benzene rings is 1. The number of rotatable bonds is 6. The van der Waals surface area contributed by atoms with Crippen molar-refractivity contribution in [1.29, 1.82) is 0 Å². The number of carbonyl (C=O) groups excluding carboxylic acids is 1. The minimum atomic E-state index is -0.592. The van der Waals surface area contributed by atoms with Crippen molar-refractivity contribution in [1.82, 2.24) is 20.2 Å². The van der Waals surface area contributed by atoms with Crippen molar-refractivity contribution in [2.45, 2.75) is 51.2 Å². The molecule has 2 aromatic rings. The number of hydrogen-bond acceptors (Lipinski definition) is 6. The Morgan fingerprint density at radius 3 is 2.67 bits per heavy atom. The van der Waals surface area contributed by atoms with Gasteiger partial charge in [-0.15, -0.1) is 0 Å². The fourth-order valence-electron chi connectivity index (χ4n) is 4.78. The van der Waals surface area contributed by atoms with Crippen LogP contribution in [0.25, 0.3) is 0 Å². The lowest BCUT2D eigenvalue weighted by atomic mass is 9.96. The fraction of sp³-hybridized carbons (Fsp3) is 0.542. The zero-order valence-corrected chi connectivity index (χ0v) is 20.8. The maximum atomic E-state index is 14.8. The van der Waals surface area contributed by atoms with Gasteiger partial charge in [0.1, 0.15) is 18.0 Å². The highest BCUT2D eigenvalue weighted by Gasteiger charge is 2.35. The summed E-state index contributed by atoms with van der Waals surface area (Å²) in [6.45, 7) is 8.81. The average molecular weight is 520 g/mol. The van der Waals surface area contributed by atoms with E-state index in [2.05, 4.69) is 43.0 Å². The summed E-state index contributed by atoms with van der Waals surface area (Å²) >= 11 is 3.30. The lowest BCUT2D eigenvalue weighted by molar-refractivity contribution is -0.133. The highest BCUT2D eigenvalue weighted by Crippen LogP contribution is 2.42. The average Bonchev–Trinajstić information content (AvgIpc) is 3.08. The van der Waals surface area contributed by atoms with Crippen molar-refractivity contribution < 1.29 is 14.3 Å². The summed E-state index contributed by atoms with van der Waals surface area (Å²) in [6, 6.07) is 5.07. The summed E-state index contributed by atoms with van der Waals surface area (Å²) in [5, 5.41) is 13.6. The molecule has 1 aliphatic carbocycles. The van der Waals surface area contributed by atoms with Crippen LogP contribution in [0, 0.1) is 5.82 Å². The van der Waals surface area contributed by atoms with Crippen LogP contribution in [0.1, 0.15) is 62.0 Å². The number of nitrogens with one attached hydrogen (secondary N) is 1. The summed E-state index contributed by atoms with van der Waals surface area (Å²) in [4.78, 5) is 26.3. The van der Waals surface area contributed by atoms with Gasteiger partial charge in [0.15, 0.2) is 0 Å². The molecule has 7 nitrogen and oxygen atoms in total. The molecule has 0 radical (unpaired) electrons. The van der Waals surface area contributed by atoms with Crippen LogP contribution in [0.5, 0.6) is 0 Å². The molecule has 33 heavy (non-hydrogen) atoms.